The predicted octanol–water partition coefficient (Wildman–Crippen LogP) is 4.08. The third-order valence-corrected chi connectivity index (χ3v) is 5.14. The minimum atomic E-state index is -4.45. The number of rotatable bonds is 3. The molecule has 0 radical (unpaired) electrons. The number of piperidine rings is 1. The molecule has 0 spiro atoms. The number of aliphatic imine (C=N–C) groups is 1. The van der Waals surface area contributed by atoms with Gasteiger partial charge >= 0.3 is 6.18 Å². The first-order valence-corrected chi connectivity index (χ1v) is 9.72. The number of halogens is 3. The molecule has 3 heterocycles. The van der Waals surface area contributed by atoms with Crippen molar-refractivity contribution in [2.45, 2.75) is 32.0 Å². The van der Waals surface area contributed by atoms with Gasteiger partial charge in [-0.2, -0.15) is 28.2 Å². The lowest BCUT2D eigenvalue weighted by molar-refractivity contribution is -0.137. The van der Waals surface area contributed by atoms with E-state index in [2.05, 4.69) is 20.2 Å². The maximum absolute atomic E-state index is 13.3. The van der Waals surface area contributed by atoms with Gasteiger partial charge in [-0.15, -0.1) is 0 Å². The van der Waals surface area contributed by atoms with Crippen molar-refractivity contribution in [2.75, 3.05) is 6.54 Å². The van der Waals surface area contributed by atoms with Gasteiger partial charge in [0.25, 0.3) is 5.91 Å². The average molecular weight is 428 g/mol. The molecular formula is C21H19F3N6O. The molecule has 0 aliphatic carbocycles. The van der Waals surface area contributed by atoms with Gasteiger partial charge in [0.2, 0.25) is 0 Å². The average Bonchev–Trinajstić information content (AvgIpc) is 3.29. The number of benzene rings is 1. The molecule has 0 saturated carbocycles. The zero-order chi connectivity index (χ0) is 22.0. The van der Waals surface area contributed by atoms with Gasteiger partial charge in [-0.1, -0.05) is 12.1 Å². The van der Waals surface area contributed by atoms with Gasteiger partial charge in [0.15, 0.2) is 5.82 Å². The number of para-hydroxylation sites is 1. The van der Waals surface area contributed by atoms with Crippen LogP contribution in [0.3, 0.4) is 0 Å². The molecule has 1 saturated heterocycles. The minimum absolute atomic E-state index is 0.185. The van der Waals surface area contributed by atoms with Crippen LogP contribution in [0.5, 0.6) is 0 Å². The fourth-order valence-electron chi connectivity index (χ4n) is 3.53. The molecule has 0 unspecified atom stereocenters. The number of amides is 1. The maximum Gasteiger partial charge on any atom is 0.417 e. The van der Waals surface area contributed by atoms with E-state index < -0.39 is 11.7 Å². The van der Waals surface area contributed by atoms with Gasteiger partial charge in [0, 0.05) is 18.5 Å². The highest BCUT2D eigenvalue weighted by molar-refractivity contribution is 6.02. The van der Waals surface area contributed by atoms with E-state index in [1.54, 1.807) is 29.2 Å². The van der Waals surface area contributed by atoms with E-state index >= 15 is 0 Å². The lowest BCUT2D eigenvalue weighted by atomic mass is 9.99. The van der Waals surface area contributed by atoms with Gasteiger partial charge < -0.3 is 4.90 Å². The number of nitrogens with zero attached hydrogens (tertiary/aromatic N) is 6. The number of alkyl halides is 3. The molecule has 10 heteroatoms. The molecule has 1 aliphatic rings. The van der Waals surface area contributed by atoms with Gasteiger partial charge in [0.05, 0.1) is 35.2 Å². The standard InChI is InChI=1S/C21H19F3N6O/c1-14-17(28-19-9-8-15(13-25-19)21(22,23)24)6-4-12-29(14)20(31)16-5-2-3-7-18(16)30-26-10-11-27-30/h2-3,5,7-11,13-14H,4,6,12H2,1H3/t14-/m0/s1. The van der Waals surface area contributed by atoms with Crippen LogP contribution >= 0.6 is 0 Å². The summed E-state index contributed by atoms with van der Waals surface area (Å²) in [4.78, 5) is 24.7. The summed E-state index contributed by atoms with van der Waals surface area (Å²) in [6, 6.07) is 8.93. The quantitative estimate of drug-likeness (QED) is 0.630. The molecule has 7 nitrogen and oxygen atoms in total. The van der Waals surface area contributed by atoms with Crippen LogP contribution in [0, 0.1) is 0 Å². The molecule has 31 heavy (non-hydrogen) atoms. The Morgan fingerprint density at radius 2 is 1.87 bits per heavy atom. The summed E-state index contributed by atoms with van der Waals surface area (Å²) < 4.78 is 38.2. The zero-order valence-electron chi connectivity index (χ0n) is 16.6. The van der Waals surface area contributed by atoms with E-state index in [0.29, 0.717) is 36.3 Å². The van der Waals surface area contributed by atoms with Crippen molar-refractivity contribution < 1.29 is 18.0 Å². The first kappa shape index (κ1) is 20.7. The fourth-order valence-corrected chi connectivity index (χ4v) is 3.53. The molecule has 1 fully saturated rings. The summed E-state index contributed by atoms with van der Waals surface area (Å²) in [6.45, 7) is 2.40. The second kappa shape index (κ2) is 8.29. The van der Waals surface area contributed by atoms with Crippen molar-refractivity contribution in [3.05, 3.63) is 66.1 Å². The fraction of sp³-hybridized carbons (Fsp3) is 0.286. The molecule has 1 aliphatic heterocycles. The Hall–Kier alpha value is -3.56. The van der Waals surface area contributed by atoms with Crippen LogP contribution in [0.25, 0.3) is 5.69 Å². The normalized spacial score (nSPS) is 18.4. The van der Waals surface area contributed by atoms with Crippen LogP contribution in [0.4, 0.5) is 19.0 Å². The smallest absolute Gasteiger partial charge is 0.331 e. The van der Waals surface area contributed by atoms with E-state index in [-0.39, 0.29) is 17.8 Å². The van der Waals surface area contributed by atoms with Crippen LogP contribution in [-0.2, 0) is 6.18 Å². The molecule has 1 atom stereocenters. The summed E-state index contributed by atoms with van der Waals surface area (Å²) in [5.41, 5.74) is 0.896. The molecule has 3 aromatic rings. The number of hydrogen-bond donors (Lipinski definition) is 0. The Morgan fingerprint density at radius 1 is 1.13 bits per heavy atom. The maximum atomic E-state index is 13.3. The highest BCUT2D eigenvalue weighted by Crippen LogP contribution is 2.29. The third kappa shape index (κ3) is 4.32. The van der Waals surface area contributed by atoms with E-state index in [4.69, 9.17) is 0 Å². The zero-order valence-corrected chi connectivity index (χ0v) is 16.6. The summed E-state index contributed by atoms with van der Waals surface area (Å²) in [5.74, 6) is -0.00142. The molecule has 1 amide bonds. The van der Waals surface area contributed by atoms with Crippen molar-refractivity contribution in [1.82, 2.24) is 24.9 Å². The Morgan fingerprint density at radius 3 is 2.55 bits per heavy atom. The number of likely N-dealkylation sites (tertiary alicyclic amines) is 1. The Labute approximate surface area is 176 Å². The van der Waals surface area contributed by atoms with Crippen molar-refractivity contribution in [1.29, 1.82) is 0 Å². The van der Waals surface area contributed by atoms with Crippen LogP contribution in [-0.4, -0.2) is 49.1 Å². The number of pyridine rings is 1. The molecule has 4 rings (SSSR count). The molecule has 1 aromatic carbocycles. The van der Waals surface area contributed by atoms with Gasteiger partial charge in [-0.3, -0.25) is 4.79 Å². The Kier molecular flexibility index (Phi) is 5.53. The second-order valence-corrected chi connectivity index (χ2v) is 7.12. The molecule has 0 bridgehead atoms. The second-order valence-electron chi connectivity index (χ2n) is 7.12. The van der Waals surface area contributed by atoms with E-state index in [1.165, 1.54) is 23.3 Å². The molecular weight excluding hydrogens is 409 g/mol. The summed E-state index contributed by atoms with van der Waals surface area (Å²) in [7, 11) is 0. The number of carbonyl (C=O) groups is 1. The highest BCUT2D eigenvalue weighted by Gasteiger charge is 2.32. The molecule has 160 valence electrons. The van der Waals surface area contributed by atoms with E-state index in [1.807, 2.05) is 6.92 Å². The first-order valence-electron chi connectivity index (χ1n) is 9.72. The van der Waals surface area contributed by atoms with Crippen molar-refractivity contribution in [2.24, 2.45) is 4.99 Å². The number of aromatic nitrogens is 4. The summed E-state index contributed by atoms with van der Waals surface area (Å²) in [6.07, 6.45) is 0.715. The SMILES string of the molecule is C[C@H]1C(=Nc2ccc(C(F)(F)F)cn2)CCCN1C(=O)c1ccccc1-n1nccn1. The summed E-state index contributed by atoms with van der Waals surface area (Å²) in [5, 5.41) is 8.22. The van der Waals surface area contributed by atoms with Gasteiger partial charge in [-0.25, -0.2) is 9.98 Å². The van der Waals surface area contributed by atoms with Crippen LogP contribution in [0.2, 0.25) is 0 Å². The monoisotopic (exact) mass is 428 g/mol. The predicted molar refractivity (Wildman–Crippen MR) is 107 cm³/mol. The Balaban J connectivity index is 1.59. The Bertz CT molecular complexity index is 1090. The van der Waals surface area contributed by atoms with Crippen LogP contribution < -0.4 is 0 Å². The van der Waals surface area contributed by atoms with Crippen molar-refractivity contribution in [3.8, 4) is 5.69 Å². The number of hydrogen-bond acceptors (Lipinski definition) is 5. The lowest BCUT2D eigenvalue weighted by Gasteiger charge is -2.35. The molecule has 2 aromatic heterocycles. The highest BCUT2D eigenvalue weighted by atomic mass is 19.4. The van der Waals surface area contributed by atoms with E-state index in [0.717, 1.165) is 12.3 Å². The topological polar surface area (TPSA) is 76.3 Å². The van der Waals surface area contributed by atoms with Gasteiger partial charge in [0.1, 0.15) is 0 Å². The van der Waals surface area contributed by atoms with Crippen molar-refractivity contribution >= 4 is 17.4 Å². The summed E-state index contributed by atoms with van der Waals surface area (Å²) >= 11 is 0. The largest absolute Gasteiger partial charge is 0.417 e. The number of carbonyl (C=O) groups excluding carboxylic acids is 1. The van der Waals surface area contributed by atoms with Crippen LogP contribution in [0.15, 0.2) is 60.0 Å². The first-order chi connectivity index (χ1) is 14.8. The van der Waals surface area contributed by atoms with Crippen LogP contribution in [0.1, 0.15) is 35.7 Å². The third-order valence-electron chi connectivity index (χ3n) is 5.14. The van der Waals surface area contributed by atoms with Gasteiger partial charge in [-0.05, 0) is 44.0 Å². The van der Waals surface area contributed by atoms with E-state index in [9.17, 15) is 18.0 Å². The lowest BCUT2D eigenvalue weighted by Crippen LogP contribution is -2.47. The minimum Gasteiger partial charge on any atom is -0.331 e. The molecule has 0 N–H and O–H groups in total. The van der Waals surface area contributed by atoms with Crippen molar-refractivity contribution in [3.63, 3.8) is 0 Å².